The van der Waals surface area contributed by atoms with Crippen LogP contribution in [0.25, 0.3) is 16.7 Å². The molecule has 0 saturated carbocycles. The minimum atomic E-state index is -0.452. The second-order valence-electron chi connectivity index (χ2n) is 5.88. The topological polar surface area (TPSA) is 103 Å². The number of fused-ring (bicyclic) bond motifs is 2. The average Bonchev–Trinajstić information content (AvgIpc) is 3.27. The number of aromatic nitrogens is 5. The molecule has 1 N–H and O–H groups in total. The number of imidazole rings is 1. The summed E-state index contributed by atoms with van der Waals surface area (Å²) in [5.41, 5.74) is 2.56. The first-order chi connectivity index (χ1) is 13.1. The van der Waals surface area contributed by atoms with Gasteiger partial charge in [0, 0.05) is 19.4 Å². The van der Waals surface area contributed by atoms with E-state index in [1.807, 2.05) is 17.7 Å². The Balaban J connectivity index is 1.61. The quantitative estimate of drug-likeness (QED) is 0.548. The molecule has 0 aliphatic rings. The van der Waals surface area contributed by atoms with Crippen LogP contribution >= 0.6 is 0 Å². The molecule has 0 fully saturated rings. The van der Waals surface area contributed by atoms with Gasteiger partial charge in [-0.1, -0.05) is 6.07 Å². The molecule has 3 aromatic heterocycles. The third-order valence-electron chi connectivity index (χ3n) is 4.34. The molecule has 9 heteroatoms. The number of aryl methyl sites for hydroxylation is 1. The van der Waals surface area contributed by atoms with Gasteiger partial charge in [0.1, 0.15) is 16.9 Å². The van der Waals surface area contributed by atoms with Gasteiger partial charge in [0.25, 0.3) is 5.91 Å². The number of amides is 1. The Hall–Kier alpha value is -3.75. The molecule has 4 rings (SSSR count). The van der Waals surface area contributed by atoms with Crippen molar-refractivity contribution in [3.05, 3.63) is 59.8 Å². The number of para-hydroxylation sites is 1. The van der Waals surface area contributed by atoms with E-state index in [9.17, 15) is 9.59 Å². The van der Waals surface area contributed by atoms with Gasteiger partial charge in [0.05, 0.1) is 30.9 Å². The third kappa shape index (κ3) is 2.78. The summed E-state index contributed by atoms with van der Waals surface area (Å²) in [5, 5.41) is 6.93. The highest BCUT2D eigenvalue weighted by Crippen LogP contribution is 2.20. The van der Waals surface area contributed by atoms with E-state index in [1.54, 1.807) is 30.6 Å². The van der Waals surface area contributed by atoms with Crippen LogP contribution in [0.2, 0.25) is 0 Å². The minimum Gasteiger partial charge on any atom is -0.465 e. The van der Waals surface area contributed by atoms with Gasteiger partial charge in [-0.05, 0) is 18.2 Å². The maximum atomic E-state index is 12.5. The summed E-state index contributed by atoms with van der Waals surface area (Å²) >= 11 is 0. The number of hydrogen-bond donors (Lipinski definition) is 1. The zero-order valence-electron chi connectivity index (χ0n) is 14.7. The number of benzene rings is 1. The molecule has 1 amide bonds. The fourth-order valence-corrected chi connectivity index (χ4v) is 2.94. The number of nitrogens with zero attached hydrogens (tertiary/aromatic N) is 5. The lowest BCUT2D eigenvalue weighted by molar-refractivity contribution is 0.0602. The average molecular weight is 364 g/mol. The Morgan fingerprint density at radius 1 is 1.22 bits per heavy atom. The van der Waals surface area contributed by atoms with Crippen molar-refractivity contribution in [2.75, 3.05) is 7.11 Å². The van der Waals surface area contributed by atoms with E-state index in [0.717, 1.165) is 5.52 Å². The van der Waals surface area contributed by atoms with E-state index in [0.29, 0.717) is 28.1 Å². The number of ether oxygens (including phenoxy) is 1. The monoisotopic (exact) mass is 364 g/mol. The fraction of sp³-hybridized carbons (Fsp3) is 0.167. The molecule has 27 heavy (non-hydrogen) atoms. The maximum absolute atomic E-state index is 12.5. The van der Waals surface area contributed by atoms with E-state index in [2.05, 4.69) is 20.4 Å². The largest absolute Gasteiger partial charge is 0.465 e. The number of carbonyl (C=O) groups excluding carboxylic acids is 2. The summed E-state index contributed by atoms with van der Waals surface area (Å²) in [6, 6.07) is 7.02. The van der Waals surface area contributed by atoms with Gasteiger partial charge in [-0.3, -0.25) is 4.79 Å². The molecule has 1 aromatic carbocycles. The van der Waals surface area contributed by atoms with E-state index in [4.69, 9.17) is 4.74 Å². The number of esters is 1. The van der Waals surface area contributed by atoms with Gasteiger partial charge in [0.2, 0.25) is 0 Å². The SMILES string of the molecule is COC(=O)c1cccc2c1nc(CNC(=O)c1cnn3cccnc13)n2C. The van der Waals surface area contributed by atoms with Gasteiger partial charge >= 0.3 is 5.97 Å². The van der Waals surface area contributed by atoms with Crippen LogP contribution in [-0.4, -0.2) is 43.1 Å². The van der Waals surface area contributed by atoms with E-state index >= 15 is 0 Å². The molecule has 0 spiro atoms. The molecule has 136 valence electrons. The van der Waals surface area contributed by atoms with Crippen LogP contribution < -0.4 is 5.32 Å². The van der Waals surface area contributed by atoms with Gasteiger partial charge in [-0.25, -0.2) is 19.3 Å². The van der Waals surface area contributed by atoms with Crippen LogP contribution in [0, 0.1) is 0 Å². The van der Waals surface area contributed by atoms with Crippen molar-refractivity contribution in [2.45, 2.75) is 6.54 Å². The van der Waals surface area contributed by atoms with Crippen molar-refractivity contribution >= 4 is 28.6 Å². The predicted octanol–water partition coefficient (Wildman–Crippen LogP) is 1.33. The number of rotatable bonds is 4. The van der Waals surface area contributed by atoms with Crippen molar-refractivity contribution in [2.24, 2.45) is 7.05 Å². The summed E-state index contributed by atoms with van der Waals surface area (Å²) < 4.78 is 8.17. The first-order valence-electron chi connectivity index (χ1n) is 8.19. The van der Waals surface area contributed by atoms with Crippen molar-refractivity contribution in [3.63, 3.8) is 0 Å². The molecular formula is C18H16N6O3. The predicted molar refractivity (Wildman–Crippen MR) is 96.2 cm³/mol. The van der Waals surface area contributed by atoms with Crippen LogP contribution in [0.5, 0.6) is 0 Å². The Bertz CT molecular complexity index is 1180. The molecule has 3 heterocycles. The number of carbonyl (C=O) groups is 2. The van der Waals surface area contributed by atoms with Crippen LogP contribution in [0.15, 0.2) is 42.9 Å². The molecule has 0 aliphatic heterocycles. The molecule has 0 unspecified atom stereocenters. The summed E-state index contributed by atoms with van der Waals surface area (Å²) in [7, 11) is 3.16. The van der Waals surface area contributed by atoms with Crippen molar-refractivity contribution in [1.29, 1.82) is 0 Å². The zero-order chi connectivity index (χ0) is 19.0. The molecule has 0 atom stereocenters. The highest BCUT2D eigenvalue weighted by Gasteiger charge is 2.18. The lowest BCUT2D eigenvalue weighted by Gasteiger charge is -2.04. The van der Waals surface area contributed by atoms with Crippen molar-refractivity contribution < 1.29 is 14.3 Å². The van der Waals surface area contributed by atoms with Crippen LogP contribution in [0.3, 0.4) is 0 Å². The van der Waals surface area contributed by atoms with Crippen molar-refractivity contribution in [3.8, 4) is 0 Å². The lowest BCUT2D eigenvalue weighted by atomic mass is 10.2. The molecule has 9 nitrogen and oxygen atoms in total. The van der Waals surface area contributed by atoms with Gasteiger partial charge in [-0.2, -0.15) is 5.10 Å². The summed E-state index contributed by atoms with van der Waals surface area (Å²) in [4.78, 5) is 33.1. The fourth-order valence-electron chi connectivity index (χ4n) is 2.94. The molecule has 0 radical (unpaired) electrons. The number of methoxy groups -OCH3 is 1. The maximum Gasteiger partial charge on any atom is 0.340 e. The number of hydrogen-bond acceptors (Lipinski definition) is 6. The van der Waals surface area contributed by atoms with Crippen LogP contribution in [0.4, 0.5) is 0 Å². The Labute approximate surface area is 153 Å². The molecule has 0 bridgehead atoms. The van der Waals surface area contributed by atoms with Crippen LogP contribution in [-0.2, 0) is 18.3 Å². The summed E-state index contributed by atoms with van der Waals surface area (Å²) in [5.74, 6) is -0.144. The molecule has 0 aliphatic carbocycles. The van der Waals surface area contributed by atoms with Gasteiger partial charge < -0.3 is 14.6 Å². The summed E-state index contributed by atoms with van der Waals surface area (Å²) in [6.45, 7) is 0.189. The standard InChI is InChI=1S/C18H16N6O3/c1-23-13-6-3-5-11(18(26)27-2)15(13)22-14(23)10-20-17(25)12-9-21-24-8-4-7-19-16(12)24/h3-9H,10H2,1-2H3,(H,20,25). The lowest BCUT2D eigenvalue weighted by Crippen LogP contribution is -2.24. The van der Waals surface area contributed by atoms with Crippen molar-refractivity contribution in [1.82, 2.24) is 29.5 Å². The van der Waals surface area contributed by atoms with E-state index < -0.39 is 5.97 Å². The second-order valence-corrected chi connectivity index (χ2v) is 5.88. The second kappa shape index (κ2) is 6.52. The van der Waals surface area contributed by atoms with Gasteiger partial charge in [0.15, 0.2) is 5.65 Å². The smallest absolute Gasteiger partial charge is 0.340 e. The van der Waals surface area contributed by atoms with E-state index in [-0.39, 0.29) is 12.5 Å². The van der Waals surface area contributed by atoms with E-state index in [1.165, 1.54) is 17.8 Å². The summed E-state index contributed by atoms with van der Waals surface area (Å²) in [6.07, 6.45) is 4.80. The number of nitrogens with one attached hydrogen (secondary N) is 1. The highest BCUT2D eigenvalue weighted by atomic mass is 16.5. The molecule has 0 saturated heterocycles. The minimum absolute atomic E-state index is 0.189. The first kappa shape index (κ1) is 16.7. The Kier molecular flexibility index (Phi) is 4.03. The Morgan fingerprint density at radius 2 is 2.07 bits per heavy atom. The van der Waals surface area contributed by atoms with Crippen LogP contribution in [0.1, 0.15) is 26.5 Å². The molecule has 4 aromatic rings. The third-order valence-corrected chi connectivity index (χ3v) is 4.34. The zero-order valence-corrected chi connectivity index (χ0v) is 14.7. The molecular weight excluding hydrogens is 348 g/mol. The highest BCUT2D eigenvalue weighted by molar-refractivity contribution is 6.02. The normalized spacial score (nSPS) is 11.0. The Morgan fingerprint density at radius 3 is 2.89 bits per heavy atom. The first-order valence-corrected chi connectivity index (χ1v) is 8.19. The van der Waals surface area contributed by atoms with Gasteiger partial charge in [-0.15, -0.1) is 0 Å².